The molecule has 4 nitrogen and oxygen atoms in total. The molecule has 0 fully saturated rings. The predicted molar refractivity (Wildman–Crippen MR) is 50.8 cm³/mol. The van der Waals surface area contributed by atoms with Crippen LogP contribution in [0.15, 0.2) is 30.7 Å². The van der Waals surface area contributed by atoms with Crippen molar-refractivity contribution in [3.05, 3.63) is 36.4 Å². The molecule has 0 radical (unpaired) electrons. The summed E-state index contributed by atoms with van der Waals surface area (Å²) in [4.78, 5) is 3.78. The van der Waals surface area contributed by atoms with Gasteiger partial charge in [-0.3, -0.25) is 4.98 Å². The molecule has 2 aromatic rings. The molecular weight excluding hydrogens is 221 g/mol. The molecule has 2 rings (SSSR count). The summed E-state index contributed by atoms with van der Waals surface area (Å²) in [5.41, 5.74) is 4.17. The first-order chi connectivity index (χ1) is 7.48. The average molecular weight is 228 g/mol. The van der Waals surface area contributed by atoms with E-state index in [2.05, 4.69) is 10.1 Å². The first-order valence-corrected chi connectivity index (χ1v) is 4.31. The highest BCUT2D eigenvalue weighted by Crippen LogP contribution is 2.32. The van der Waals surface area contributed by atoms with Crippen molar-refractivity contribution < 1.29 is 13.2 Å². The number of aromatic nitrogens is 3. The average Bonchev–Trinajstić information content (AvgIpc) is 2.61. The van der Waals surface area contributed by atoms with Gasteiger partial charge in [0, 0.05) is 6.20 Å². The second-order valence-electron chi connectivity index (χ2n) is 3.09. The van der Waals surface area contributed by atoms with Crippen LogP contribution in [-0.2, 0) is 6.18 Å². The van der Waals surface area contributed by atoms with E-state index in [0.717, 1.165) is 10.9 Å². The molecule has 0 bridgehead atoms. The molecular formula is C9H7F3N4. The lowest BCUT2D eigenvalue weighted by molar-refractivity contribution is -0.140. The third kappa shape index (κ3) is 1.83. The van der Waals surface area contributed by atoms with Gasteiger partial charge in [-0.25, -0.2) is 4.68 Å². The van der Waals surface area contributed by atoms with Gasteiger partial charge in [0.1, 0.15) is 0 Å². The third-order valence-corrected chi connectivity index (χ3v) is 1.92. The highest BCUT2D eigenvalue weighted by atomic mass is 19.4. The highest BCUT2D eigenvalue weighted by Gasteiger charge is 2.36. The molecule has 0 amide bonds. The standard InChI is InChI=1S/C9H7F3N4/c10-9(11,12)8-7(13)5-16(15-8)6-2-1-3-14-4-6/h1-5H,13H2. The summed E-state index contributed by atoms with van der Waals surface area (Å²) < 4.78 is 38.3. The van der Waals surface area contributed by atoms with Crippen LogP contribution >= 0.6 is 0 Å². The van der Waals surface area contributed by atoms with Crippen LogP contribution in [0.25, 0.3) is 5.69 Å². The molecule has 0 saturated heterocycles. The Morgan fingerprint density at radius 2 is 2.06 bits per heavy atom. The number of pyridine rings is 1. The number of hydrogen-bond donors (Lipinski definition) is 1. The van der Waals surface area contributed by atoms with Crippen LogP contribution in [-0.4, -0.2) is 14.8 Å². The highest BCUT2D eigenvalue weighted by molar-refractivity contribution is 5.45. The zero-order valence-corrected chi connectivity index (χ0v) is 7.94. The monoisotopic (exact) mass is 228 g/mol. The number of nitrogen functional groups attached to an aromatic ring is 1. The predicted octanol–water partition coefficient (Wildman–Crippen LogP) is 1.87. The number of alkyl halides is 3. The van der Waals surface area contributed by atoms with Gasteiger partial charge in [0.15, 0.2) is 5.69 Å². The minimum atomic E-state index is -4.54. The Balaban J connectivity index is 2.47. The normalized spacial score (nSPS) is 11.7. The molecule has 0 aliphatic carbocycles. The Labute approximate surface area is 88.5 Å². The molecule has 0 aliphatic rings. The van der Waals surface area contributed by atoms with Gasteiger partial charge in [-0.05, 0) is 12.1 Å². The van der Waals surface area contributed by atoms with Crippen LogP contribution in [0.3, 0.4) is 0 Å². The van der Waals surface area contributed by atoms with Crippen LogP contribution in [0, 0.1) is 0 Å². The fourth-order valence-corrected chi connectivity index (χ4v) is 1.23. The number of nitrogens with zero attached hydrogens (tertiary/aromatic N) is 3. The van der Waals surface area contributed by atoms with Gasteiger partial charge >= 0.3 is 6.18 Å². The topological polar surface area (TPSA) is 56.7 Å². The molecule has 0 saturated carbocycles. The molecule has 0 unspecified atom stereocenters. The van der Waals surface area contributed by atoms with Crippen molar-refractivity contribution in [3.8, 4) is 5.69 Å². The van der Waals surface area contributed by atoms with Crippen molar-refractivity contribution in [2.45, 2.75) is 6.18 Å². The van der Waals surface area contributed by atoms with E-state index in [0.29, 0.717) is 5.69 Å². The molecule has 2 N–H and O–H groups in total. The summed E-state index contributed by atoms with van der Waals surface area (Å²) in [6.07, 6.45) is -0.523. The molecule has 0 aromatic carbocycles. The van der Waals surface area contributed by atoms with E-state index in [-0.39, 0.29) is 0 Å². The first-order valence-electron chi connectivity index (χ1n) is 4.31. The lowest BCUT2D eigenvalue weighted by atomic mass is 10.4. The minimum Gasteiger partial charge on any atom is -0.396 e. The third-order valence-electron chi connectivity index (χ3n) is 1.92. The van der Waals surface area contributed by atoms with Gasteiger partial charge in [0.2, 0.25) is 0 Å². The van der Waals surface area contributed by atoms with Gasteiger partial charge in [-0.15, -0.1) is 0 Å². The smallest absolute Gasteiger partial charge is 0.396 e. The van der Waals surface area contributed by atoms with Gasteiger partial charge < -0.3 is 5.73 Å². The summed E-state index contributed by atoms with van der Waals surface area (Å²) >= 11 is 0. The van der Waals surface area contributed by atoms with Gasteiger partial charge in [0.25, 0.3) is 0 Å². The molecule has 2 aromatic heterocycles. The molecule has 0 spiro atoms. The maximum atomic E-state index is 12.4. The Hall–Kier alpha value is -2.05. The van der Waals surface area contributed by atoms with Crippen molar-refractivity contribution in [2.24, 2.45) is 0 Å². The van der Waals surface area contributed by atoms with Crippen molar-refractivity contribution in [1.29, 1.82) is 0 Å². The van der Waals surface area contributed by atoms with Crippen molar-refractivity contribution in [1.82, 2.24) is 14.8 Å². The van der Waals surface area contributed by atoms with Crippen LogP contribution in [0.2, 0.25) is 0 Å². The number of nitrogens with two attached hydrogens (primary N) is 1. The van der Waals surface area contributed by atoms with Crippen molar-refractivity contribution >= 4 is 5.69 Å². The maximum Gasteiger partial charge on any atom is 0.437 e. The van der Waals surface area contributed by atoms with Gasteiger partial charge in [0.05, 0.1) is 23.8 Å². The van der Waals surface area contributed by atoms with Crippen molar-refractivity contribution in [2.75, 3.05) is 5.73 Å². The first kappa shape index (κ1) is 10.5. The van der Waals surface area contributed by atoms with Crippen LogP contribution in [0.1, 0.15) is 5.69 Å². The quantitative estimate of drug-likeness (QED) is 0.810. The summed E-state index contributed by atoms with van der Waals surface area (Å²) in [7, 11) is 0. The van der Waals surface area contributed by atoms with Crippen LogP contribution in [0.4, 0.5) is 18.9 Å². The number of anilines is 1. The van der Waals surface area contributed by atoms with E-state index in [4.69, 9.17) is 5.73 Å². The molecule has 7 heteroatoms. The number of halogens is 3. The van der Waals surface area contributed by atoms with E-state index >= 15 is 0 Å². The van der Waals surface area contributed by atoms with E-state index in [1.165, 1.54) is 12.4 Å². The molecule has 16 heavy (non-hydrogen) atoms. The molecule has 2 heterocycles. The van der Waals surface area contributed by atoms with Crippen LogP contribution in [0.5, 0.6) is 0 Å². The van der Waals surface area contributed by atoms with Gasteiger partial charge in [-0.1, -0.05) is 0 Å². The summed E-state index contributed by atoms with van der Waals surface area (Å²) in [5.74, 6) is 0. The number of hydrogen-bond acceptors (Lipinski definition) is 3. The maximum absolute atomic E-state index is 12.4. The summed E-state index contributed by atoms with van der Waals surface area (Å²) in [6, 6.07) is 3.18. The summed E-state index contributed by atoms with van der Waals surface area (Å²) in [5, 5.41) is 3.38. The SMILES string of the molecule is Nc1cn(-c2cccnc2)nc1C(F)(F)F. The van der Waals surface area contributed by atoms with E-state index in [1.807, 2.05) is 0 Å². The zero-order chi connectivity index (χ0) is 11.8. The van der Waals surface area contributed by atoms with Gasteiger partial charge in [-0.2, -0.15) is 18.3 Å². The largest absolute Gasteiger partial charge is 0.437 e. The van der Waals surface area contributed by atoms with Crippen LogP contribution < -0.4 is 5.73 Å². The lowest BCUT2D eigenvalue weighted by Gasteiger charge is -2.02. The second-order valence-corrected chi connectivity index (χ2v) is 3.09. The molecule has 0 aliphatic heterocycles. The Bertz CT molecular complexity index is 489. The second kappa shape index (κ2) is 3.51. The fraction of sp³-hybridized carbons (Fsp3) is 0.111. The fourth-order valence-electron chi connectivity index (χ4n) is 1.23. The minimum absolute atomic E-state index is 0.406. The Kier molecular flexibility index (Phi) is 2.30. The Morgan fingerprint density at radius 3 is 2.56 bits per heavy atom. The van der Waals surface area contributed by atoms with Crippen molar-refractivity contribution in [3.63, 3.8) is 0 Å². The lowest BCUT2D eigenvalue weighted by Crippen LogP contribution is -2.09. The summed E-state index contributed by atoms with van der Waals surface area (Å²) in [6.45, 7) is 0. The Morgan fingerprint density at radius 1 is 1.31 bits per heavy atom. The molecule has 84 valence electrons. The van der Waals surface area contributed by atoms with E-state index in [1.54, 1.807) is 12.1 Å². The van der Waals surface area contributed by atoms with E-state index in [9.17, 15) is 13.2 Å². The number of rotatable bonds is 1. The molecule has 0 atom stereocenters. The van der Waals surface area contributed by atoms with E-state index < -0.39 is 17.6 Å². The zero-order valence-electron chi connectivity index (χ0n) is 7.94.